The maximum atomic E-state index is 13.1. The number of rotatable bonds is 9. The summed E-state index contributed by atoms with van der Waals surface area (Å²) in [6.45, 7) is 8.18. The SMILES string of the molecule is C=C(Nc1ccc(OCc2ccccc2)cc1)c1ccc(C(=O)N2CCN(Cc3ccc(F)cc3)CC2)cn1. The highest BCUT2D eigenvalue weighted by atomic mass is 19.1. The quantitative estimate of drug-likeness (QED) is 0.299. The summed E-state index contributed by atoms with van der Waals surface area (Å²) in [4.78, 5) is 21.6. The predicted molar refractivity (Wildman–Crippen MR) is 152 cm³/mol. The number of nitrogens with zero attached hydrogens (tertiary/aromatic N) is 3. The predicted octanol–water partition coefficient (Wildman–Crippen LogP) is 5.84. The molecule has 0 atom stereocenters. The van der Waals surface area contributed by atoms with E-state index >= 15 is 0 Å². The van der Waals surface area contributed by atoms with Crippen LogP contribution in [0.5, 0.6) is 5.75 Å². The van der Waals surface area contributed by atoms with Gasteiger partial charge in [0.1, 0.15) is 18.2 Å². The Kier molecular flexibility index (Phi) is 8.29. The van der Waals surface area contributed by atoms with Crippen LogP contribution < -0.4 is 10.1 Å². The lowest BCUT2D eigenvalue weighted by atomic mass is 10.1. The number of benzene rings is 3. The maximum absolute atomic E-state index is 13.1. The van der Waals surface area contributed by atoms with Crippen LogP contribution in [0.4, 0.5) is 10.1 Å². The van der Waals surface area contributed by atoms with E-state index in [1.807, 2.05) is 65.6 Å². The van der Waals surface area contributed by atoms with Crippen LogP contribution >= 0.6 is 0 Å². The standard InChI is InChI=1S/C32H31FN4O2/c1-24(35-29-12-14-30(15-13-29)39-23-26-5-3-2-4-6-26)31-16-9-27(21-34-31)32(38)37-19-17-36(18-20-37)22-25-7-10-28(33)11-8-25/h2-16,21,35H,1,17-20,22-23H2. The van der Waals surface area contributed by atoms with Crippen molar-refractivity contribution >= 4 is 17.3 Å². The minimum atomic E-state index is -0.230. The van der Waals surface area contributed by atoms with Gasteiger partial charge in [0.05, 0.1) is 17.0 Å². The Morgan fingerprint density at radius 3 is 2.26 bits per heavy atom. The first-order valence-corrected chi connectivity index (χ1v) is 13.0. The second kappa shape index (κ2) is 12.4. The van der Waals surface area contributed by atoms with Gasteiger partial charge in [0.25, 0.3) is 5.91 Å². The van der Waals surface area contributed by atoms with Crippen LogP contribution in [0.2, 0.25) is 0 Å². The molecule has 1 amide bonds. The Hall–Kier alpha value is -4.49. The van der Waals surface area contributed by atoms with Crippen LogP contribution in [0, 0.1) is 5.82 Å². The molecule has 4 aromatic rings. The summed E-state index contributed by atoms with van der Waals surface area (Å²) in [5.74, 6) is 0.527. The van der Waals surface area contributed by atoms with Crippen LogP contribution in [-0.2, 0) is 13.2 Å². The van der Waals surface area contributed by atoms with Crippen LogP contribution in [0.15, 0.2) is 104 Å². The van der Waals surface area contributed by atoms with E-state index in [1.165, 1.54) is 12.1 Å². The van der Waals surface area contributed by atoms with Crippen LogP contribution in [0.25, 0.3) is 5.70 Å². The normalized spacial score (nSPS) is 13.6. The lowest BCUT2D eigenvalue weighted by molar-refractivity contribution is 0.0628. The molecular formula is C32H31FN4O2. The van der Waals surface area contributed by atoms with Crippen molar-refractivity contribution in [2.45, 2.75) is 13.2 Å². The molecule has 0 aliphatic carbocycles. The first kappa shape index (κ1) is 26.1. The molecule has 1 N–H and O–H groups in total. The number of amides is 1. The zero-order valence-corrected chi connectivity index (χ0v) is 21.7. The van der Waals surface area contributed by atoms with Crippen molar-refractivity contribution in [1.29, 1.82) is 0 Å². The molecule has 0 radical (unpaired) electrons. The van der Waals surface area contributed by atoms with Gasteiger partial charge in [-0.3, -0.25) is 14.7 Å². The van der Waals surface area contributed by atoms with E-state index < -0.39 is 0 Å². The number of ether oxygens (including phenoxy) is 1. The molecule has 198 valence electrons. The van der Waals surface area contributed by atoms with E-state index in [-0.39, 0.29) is 11.7 Å². The molecule has 1 saturated heterocycles. The third-order valence-electron chi connectivity index (χ3n) is 6.70. The molecule has 2 heterocycles. The zero-order chi connectivity index (χ0) is 27.0. The number of hydrogen-bond acceptors (Lipinski definition) is 5. The van der Waals surface area contributed by atoms with Gasteiger partial charge in [0.2, 0.25) is 0 Å². The average Bonchev–Trinajstić information content (AvgIpc) is 2.98. The maximum Gasteiger partial charge on any atom is 0.255 e. The molecule has 0 saturated carbocycles. The van der Waals surface area contributed by atoms with E-state index in [0.29, 0.717) is 36.7 Å². The summed E-state index contributed by atoms with van der Waals surface area (Å²) >= 11 is 0. The Labute approximate surface area is 228 Å². The van der Waals surface area contributed by atoms with Gasteiger partial charge in [0.15, 0.2) is 0 Å². The van der Waals surface area contributed by atoms with Gasteiger partial charge in [-0.15, -0.1) is 0 Å². The summed E-state index contributed by atoms with van der Waals surface area (Å²) < 4.78 is 19.0. The molecule has 1 aliphatic heterocycles. The fourth-order valence-electron chi connectivity index (χ4n) is 4.45. The number of hydrogen-bond donors (Lipinski definition) is 1. The number of nitrogens with one attached hydrogen (secondary N) is 1. The van der Waals surface area contributed by atoms with Gasteiger partial charge in [-0.2, -0.15) is 0 Å². The zero-order valence-electron chi connectivity index (χ0n) is 21.7. The molecule has 6 nitrogen and oxygen atoms in total. The number of anilines is 1. The van der Waals surface area contributed by atoms with E-state index in [2.05, 4.69) is 21.8 Å². The third kappa shape index (κ3) is 7.09. The van der Waals surface area contributed by atoms with Crippen LogP contribution in [0.1, 0.15) is 27.2 Å². The number of carbonyl (C=O) groups excluding carboxylic acids is 1. The van der Waals surface area contributed by atoms with E-state index in [4.69, 9.17) is 4.74 Å². The van der Waals surface area contributed by atoms with Crippen molar-refractivity contribution in [3.05, 3.63) is 132 Å². The van der Waals surface area contributed by atoms with Crippen molar-refractivity contribution in [3.8, 4) is 5.75 Å². The molecule has 1 aromatic heterocycles. The minimum absolute atomic E-state index is 0.0276. The van der Waals surface area contributed by atoms with Crippen molar-refractivity contribution < 1.29 is 13.9 Å². The molecule has 1 aliphatic rings. The van der Waals surface area contributed by atoms with Gasteiger partial charge in [0, 0.05) is 44.6 Å². The van der Waals surface area contributed by atoms with Gasteiger partial charge >= 0.3 is 0 Å². The van der Waals surface area contributed by atoms with Gasteiger partial charge in [-0.25, -0.2) is 4.39 Å². The Morgan fingerprint density at radius 1 is 0.872 bits per heavy atom. The van der Waals surface area contributed by atoms with Gasteiger partial charge < -0.3 is 15.0 Å². The number of piperazine rings is 1. The Bertz CT molecular complexity index is 1380. The smallest absolute Gasteiger partial charge is 0.255 e. The first-order chi connectivity index (χ1) is 19.0. The third-order valence-corrected chi connectivity index (χ3v) is 6.70. The number of carbonyl (C=O) groups is 1. The molecule has 7 heteroatoms. The summed E-state index contributed by atoms with van der Waals surface area (Å²) in [5.41, 5.74) is 4.91. The first-order valence-electron chi connectivity index (χ1n) is 13.0. The average molecular weight is 523 g/mol. The van der Waals surface area contributed by atoms with Crippen LogP contribution in [-0.4, -0.2) is 46.9 Å². The van der Waals surface area contributed by atoms with Gasteiger partial charge in [-0.05, 0) is 59.7 Å². The fourth-order valence-corrected chi connectivity index (χ4v) is 4.45. The summed E-state index contributed by atoms with van der Waals surface area (Å²) in [7, 11) is 0. The summed E-state index contributed by atoms with van der Waals surface area (Å²) in [6, 6.07) is 27.9. The minimum Gasteiger partial charge on any atom is -0.489 e. The number of halogens is 1. The topological polar surface area (TPSA) is 57.7 Å². The molecule has 39 heavy (non-hydrogen) atoms. The molecule has 5 rings (SSSR count). The largest absolute Gasteiger partial charge is 0.489 e. The summed E-state index contributed by atoms with van der Waals surface area (Å²) in [6.07, 6.45) is 1.61. The highest BCUT2D eigenvalue weighted by molar-refractivity contribution is 5.94. The van der Waals surface area contributed by atoms with E-state index in [1.54, 1.807) is 24.4 Å². The number of pyridine rings is 1. The molecule has 0 bridgehead atoms. The summed E-state index contributed by atoms with van der Waals surface area (Å²) in [5, 5.41) is 3.26. The number of aromatic nitrogens is 1. The molecule has 0 spiro atoms. The van der Waals surface area contributed by atoms with Crippen molar-refractivity contribution in [3.63, 3.8) is 0 Å². The van der Waals surface area contributed by atoms with Crippen molar-refractivity contribution in [2.75, 3.05) is 31.5 Å². The second-order valence-electron chi connectivity index (χ2n) is 9.53. The lowest BCUT2D eigenvalue weighted by Gasteiger charge is -2.34. The van der Waals surface area contributed by atoms with E-state index in [0.717, 1.165) is 42.2 Å². The van der Waals surface area contributed by atoms with Crippen molar-refractivity contribution in [1.82, 2.24) is 14.8 Å². The fraction of sp³-hybridized carbons (Fsp3) is 0.188. The second-order valence-corrected chi connectivity index (χ2v) is 9.53. The monoisotopic (exact) mass is 522 g/mol. The van der Waals surface area contributed by atoms with E-state index in [9.17, 15) is 9.18 Å². The molecule has 1 fully saturated rings. The Balaban J connectivity index is 1.09. The van der Waals surface area contributed by atoms with Crippen LogP contribution in [0.3, 0.4) is 0 Å². The van der Waals surface area contributed by atoms with Gasteiger partial charge in [-0.1, -0.05) is 49.0 Å². The molecule has 3 aromatic carbocycles. The molecule has 0 unspecified atom stereocenters. The van der Waals surface area contributed by atoms with Crippen molar-refractivity contribution in [2.24, 2.45) is 0 Å². The highest BCUT2D eigenvalue weighted by Crippen LogP contribution is 2.21. The highest BCUT2D eigenvalue weighted by Gasteiger charge is 2.22. The Morgan fingerprint density at radius 2 is 1.59 bits per heavy atom. The molecular weight excluding hydrogens is 491 g/mol. The lowest BCUT2D eigenvalue weighted by Crippen LogP contribution is -2.48.